The number of likely N-dealkylation sites (N-methyl/N-ethyl adjacent to an activating group) is 1. The molecule has 3 rings (SSSR count). The zero-order chi connectivity index (χ0) is 21.0. The summed E-state index contributed by atoms with van der Waals surface area (Å²) in [6, 6.07) is 9.01. The van der Waals surface area contributed by atoms with Crippen LogP contribution in [0.2, 0.25) is 0 Å². The highest BCUT2D eigenvalue weighted by Gasteiger charge is 2.48. The van der Waals surface area contributed by atoms with E-state index in [4.69, 9.17) is 4.74 Å². The van der Waals surface area contributed by atoms with Crippen molar-refractivity contribution in [2.24, 2.45) is 0 Å². The van der Waals surface area contributed by atoms with E-state index in [0.29, 0.717) is 19.4 Å². The number of benzene rings is 1. The number of carbonyl (C=O) groups is 3. The van der Waals surface area contributed by atoms with Crippen LogP contribution in [0.5, 0.6) is 5.75 Å². The first-order valence-corrected chi connectivity index (χ1v) is 10.3. The summed E-state index contributed by atoms with van der Waals surface area (Å²) in [4.78, 5) is 40.3. The zero-order valence-electron chi connectivity index (χ0n) is 16.8. The molecule has 1 aromatic carbocycles. The lowest BCUT2D eigenvalue weighted by Crippen LogP contribution is -2.45. The maximum absolute atomic E-state index is 12.9. The van der Waals surface area contributed by atoms with E-state index >= 15 is 0 Å². The van der Waals surface area contributed by atoms with Crippen LogP contribution in [-0.4, -0.2) is 53.9 Å². The second kappa shape index (κ2) is 8.65. The number of amides is 4. The molecule has 154 valence electrons. The fourth-order valence-electron chi connectivity index (χ4n) is 3.25. The average molecular weight is 416 g/mol. The Balaban J connectivity index is 1.59. The lowest BCUT2D eigenvalue weighted by molar-refractivity contribution is -0.138. The highest BCUT2D eigenvalue weighted by molar-refractivity contribution is 7.07. The van der Waals surface area contributed by atoms with E-state index in [0.717, 1.165) is 21.8 Å². The van der Waals surface area contributed by atoms with Gasteiger partial charge in [-0.15, -0.1) is 0 Å². The first-order valence-electron chi connectivity index (χ1n) is 9.34. The number of thiophene rings is 1. The number of ether oxygens (including phenoxy) is 1. The van der Waals surface area contributed by atoms with Crippen molar-refractivity contribution >= 4 is 29.2 Å². The topological polar surface area (TPSA) is 79.0 Å². The van der Waals surface area contributed by atoms with Gasteiger partial charge in [-0.3, -0.25) is 14.5 Å². The fourth-order valence-corrected chi connectivity index (χ4v) is 3.91. The minimum atomic E-state index is -1.02. The summed E-state index contributed by atoms with van der Waals surface area (Å²) in [5.41, 5.74) is 1.04. The van der Waals surface area contributed by atoms with Gasteiger partial charge in [0, 0.05) is 13.6 Å². The SMILES string of the molecule is COc1ccc(CC[C@]2(C)NC(=O)N(CC(=O)N(C)Cc3ccsc3)C2=O)cc1. The van der Waals surface area contributed by atoms with Crippen molar-refractivity contribution in [3.63, 3.8) is 0 Å². The number of rotatable bonds is 8. The highest BCUT2D eigenvalue weighted by atomic mass is 32.1. The van der Waals surface area contributed by atoms with Crippen molar-refractivity contribution in [2.45, 2.75) is 31.8 Å². The molecule has 1 atom stereocenters. The monoisotopic (exact) mass is 415 g/mol. The molecule has 1 aliphatic rings. The van der Waals surface area contributed by atoms with Gasteiger partial charge >= 0.3 is 6.03 Å². The molecule has 1 saturated heterocycles. The molecule has 0 aliphatic carbocycles. The molecule has 0 unspecified atom stereocenters. The van der Waals surface area contributed by atoms with Gasteiger partial charge in [0.05, 0.1) is 7.11 Å². The van der Waals surface area contributed by atoms with Crippen molar-refractivity contribution in [3.05, 3.63) is 52.2 Å². The van der Waals surface area contributed by atoms with Crippen molar-refractivity contribution < 1.29 is 19.1 Å². The van der Waals surface area contributed by atoms with E-state index in [1.807, 2.05) is 41.1 Å². The molecule has 1 fully saturated rings. The number of hydrogen-bond acceptors (Lipinski definition) is 5. The summed E-state index contributed by atoms with van der Waals surface area (Å²) >= 11 is 1.56. The zero-order valence-corrected chi connectivity index (χ0v) is 17.6. The summed E-state index contributed by atoms with van der Waals surface area (Å²) in [6.07, 6.45) is 1.06. The van der Waals surface area contributed by atoms with Crippen molar-refractivity contribution in [2.75, 3.05) is 20.7 Å². The van der Waals surface area contributed by atoms with Gasteiger partial charge in [-0.2, -0.15) is 11.3 Å². The van der Waals surface area contributed by atoms with Crippen LogP contribution >= 0.6 is 11.3 Å². The Morgan fingerprint density at radius 1 is 1.21 bits per heavy atom. The van der Waals surface area contributed by atoms with Crippen LogP contribution in [0.1, 0.15) is 24.5 Å². The Morgan fingerprint density at radius 3 is 2.55 bits per heavy atom. The largest absolute Gasteiger partial charge is 0.497 e. The van der Waals surface area contributed by atoms with Gasteiger partial charge in [-0.1, -0.05) is 12.1 Å². The van der Waals surface area contributed by atoms with Crippen LogP contribution in [0.15, 0.2) is 41.1 Å². The van der Waals surface area contributed by atoms with E-state index in [2.05, 4.69) is 5.32 Å². The number of nitrogens with zero attached hydrogens (tertiary/aromatic N) is 2. The number of urea groups is 1. The molecule has 7 nitrogen and oxygen atoms in total. The van der Waals surface area contributed by atoms with Crippen LogP contribution in [0.25, 0.3) is 0 Å². The molecular formula is C21H25N3O4S. The third kappa shape index (κ3) is 4.76. The smallest absolute Gasteiger partial charge is 0.325 e. The summed E-state index contributed by atoms with van der Waals surface area (Å²) in [5.74, 6) is 0.119. The van der Waals surface area contributed by atoms with Crippen LogP contribution in [0.4, 0.5) is 4.79 Å². The molecule has 2 heterocycles. The third-order valence-electron chi connectivity index (χ3n) is 5.14. The van der Waals surface area contributed by atoms with Gasteiger partial charge in [-0.05, 0) is 59.9 Å². The van der Waals surface area contributed by atoms with E-state index < -0.39 is 11.6 Å². The van der Waals surface area contributed by atoms with E-state index in [1.165, 1.54) is 4.90 Å². The summed E-state index contributed by atoms with van der Waals surface area (Å²) < 4.78 is 5.15. The second-order valence-electron chi connectivity index (χ2n) is 7.38. The molecule has 1 aromatic heterocycles. The number of nitrogens with one attached hydrogen (secondary N) is 1. The normalized spacial score (nSPS) is 18.7. The quantitative estimate of drug-likeness (QED) is 0.673. The van der Waals surface area contributed by atoms with Crippen molar-refractivity contribution in [1.29, 1.82) is 0 Å². The van der Waals surface area contributed by atoms with Crippen LogP contribution in [0, 0.1) is 0 Å². The first kappa shape index (κ1) is 20.9. The molecular weight excluding hydrogens is 390 g/mol. The van der Waals surface area contributed by atoms with Crippen molar-refractivity contribution in [3.8, 4) is 5.75 Å². The Morgan fingerprint density at radius 2 is 1.93 bits per heavy atom. The lowest BCUT2D eigenvalue weighted by Gasteiger charge is -2.23. The summed E-state index contributed by atoms with van der Waals surface area (Å²) in [6.45, 7) is 1.89. The number of methoxy groups -OCH3 is 1. The molecule has 0 saturated carbocycles. The minimum absolute atomic E-state index is 0.260. The predicted octanol–water partition coefficient (Wildman–Crippen LogP) is 2.66. The Bertz CT molecular complexity index is 882. The number of imide groups is 1. The Kier molecular flexibility index (Phi) is 6.22. The molecule has 1 aliphatic heterocycles. The maximum atomic E-state index is 12.9. The molecule has 2 aromatic rings. The standard InChI is InChI=1S/C21H25N3O4S/c1-21(10-8-15-4-6-17(28-3)7-5-15)19(26)24(20(27)22-21)13-18(25)23(2)12-16-9-11-29-14-16/h4-7,9,11,14H,8,10,12-13H2,1-3H3,(H,22,27)/t21-/m0/s1. The average Bonchev–Trinajstić information content (AvgIpc) is 3.29. The van der Waals surface area contributed by atoms with Crippen LogP contribution in [-0.2, 0) is 22.6 Å². The van der Waals surface area contributed by atoms with E-state index in [9.17, 15) is 14.4 Å². The Hall–Kier alpha value is -2.87. The Labute approximate surface area is 174 Å². The van der Waals surface area contributed by atoms with E-state index in [-0.39, 0.29) is 18.4 Å². The van der Waals surface area contributed by atoms with Gasteiger partial charge in [0.25, 0.3) is 5.91 Å². The molecule has 0 radical (unpaired) electrons. The van der Waals surface area contributed by atoms with Crippen LogP contribution in [0.3, 0.4) is 0 Å². The van der Waals surface area contributed by atoms with Gasteiger partial charge < -0.3 is 15.0 Å². The highest BCUT2D eigenvalue weighted by Crippen LogP contribution is 2.24. The number of carbonyl (C=O) groups excluding carboxylic acids is 3. The molecule has 8 heteroatoms. The summed E-state index contributed by atoms with van der Waals surface area (Å²) in [5, 5.41) is 6.67. The van der Waals surface area contributed by atoms with Crippen molar-refractivity contribution in [1.82, 2.24) is 15.1 Å². The first-order chi connectivity index (χ1) is 13.8. The van der Waals surface area contributed by atoms with Crippen LogP contribution < -0.4 is 10.1 Å². The molecule has 0 bridgehead atoms. The predicted molar refractivity (Wildman–Crippen MR) is 111 cm³/mol. The third-order valence-corrected chi connectivity index (χ3v) is 5.87. The maximum Gasteiger partial charge on any atom is 0.325 e. The summed E-state index contributed by atoms with van der Waals surface area (Å²) in [7, 11) is 3.28. The lowest BCUT2D eigenvalue weighted by atomic mass is 9.93. The van der Waals surface area contributed by atoms with Gasteiger partial charge in [0.1, 0.15) is 17.8 Å². The second-order valence-corrected chi connectivity index (χ2v) is 8.16. The van der Waals surface area contributed by atoms with Gasteiger partial charge in [0.2, 0.25) is 5.91 Å². The molecule has 29 heavy (non-hydrogen) atoms. The van der Waals surface area contributed by atoms with E-state index in [1.54, 1.807) is 32.4 Å². The minimum Gasteiger partial charge on any atom is -0.497 e. The number of aryl methyl sites for hydroxylation is 1. The molecule has 4 amide bonds. The molecule has 0 spiro atoms. The van der Waals surface area contributed by atoms with Gasteiger partial charge in [0.15, 0.2) is 0 Å². The fraction of sp³-hybridized carbons (Fsp3) is 0.381. The van der Waals surface area contributed by atoms with Gasteiger partial charge in [-0.25, -0.2) is 4.79 Å². The molecule has 1 N–H and O–H groups in total. The number of hydrogen-bond donors (Lipinski definition) is 1.